The molecular weight excluding hydrogens is 313 g/mol. The van der Waals surface area contributed by atoms with Crippen molar-refractivity contribution in [2.45, 2.75) is 6.18 Å². The highest BCUT2D eigenvalue weighted by Gasteiger charge is 2.30. The molecular formula is C14H11F3N4O2. The number of hydrogen-bond donors (Lipinski definition) is 3. The summed E-state index contributed by atoms with van der Waals surface area (Å²) in [7, 11) is 0. The van der Waals surface area contributed by atoms with Gasteiger partial charge in [0.25, 0.3) is 0 Å². The highest BCUT2D eigenvalue weighted by molar-refractivity contribution is 5.99. The number of halogens is 3. The van der Waals surface area contributed by atoms with E-state index in [-0.39, 0.29) is 17.1 Å². The van der Waals surface area contributed by atoms with Crippen LogP contribution in [-0.2, 0) is 6.18 Å². The van der Waals surface area contributed by atoms with Crippen molar-refractivity contribution < 1.29 is 22.8 Å². The zero-order chi connectivity index (χ0) is 17.0. The van der Waals surface area contributed by atoms with Crippen LogP contribution in [0, 0.1) is 0 Å². The van der Waals surface area contributed by atoms with Gasteiger partial charge >= 0.3 is 12.2 Å². The Hall–Kier alpha value is -3.10. The predicted molar refractivity (Wildman–Crippen MR) is 76.8 cm³/mol. The molecule has 0 fully saturated rings. The van der Waals surface area contributed by atoms with Crippen molar-refractivity contribution in [1.82, 2.24) is 4.98 Å². The Kier molecular flexibility index (Phi) is 4.49. The number of aromatic nitrogens is 1. The maximum absolute atomic E-state index is 12.6. The number of pyridine rings is 1. The van der Waals surface area contributed by atoms with Gasteiger partial charge in [-0.3, -0.25) is 10.1 Å². The third kappa shape index (κ3) is 4.43. The van der Waals surface area contributed by atoms with Crippen LogP contribution >= 0.6 is 0 Å². The molecule has 0 aliphatic rings. The second-order valence-electron chi connectivity index (χ2n) is 4.45. The van der Waals surface area contributed by atoms with E-state index >= 15 is 0 Å². The summed E-state index contributed by atoms with van der Waals surface area (Å²) in [5.74, 6) is -0.558. The second kappa shape index (κ2) is 6.34. The predicted octanol–water partition coefficient (Wildman–Crippen LogP) is 2.84. The van der Waals surface area contributed by atoms with Crippen LogP contribution in [0.3, 0.4) is 0 Å². The topological polar surface area (TPSA) is 97.1 Å². The summed E-state index contributed by atoms with van der Waals surface area (Å²) < 4.78 is 37.7. The molecule has 0 spiro atoms. The van der Waals surface area contributed by atoms with Crippen molar-refractivity contribution in [3.63, 3.8) is 0 Å². The maximum atomic E-state index is 12.6. The van der Waals surface area contributed by atoms with Gasteiger partial charge < -0.3 is 11.1 Å². The zero-order valence-corrected chi connectivity index (χ0v) is 11.5. The average molecular weight is 324 g/mol. The third-order valence-electron chi connectivity index (χ3n) is 2.74. The molecule has 0 saturated carbocycles. The van der Waals surface area contributed by atoms with Gasteiger partial charge in [-0.2, -0.15) is 13.2 Å². The molecule has 0 atom stereocenters. The number of nitrogens with two attached hydrogens (primary N) is 1. The summed E-state index contributed by atoms with van der Waals surface area (Å²) in [5, 5.41) is 4.58. The van der Waals surface area contributed by atoms with E-state index in [0.29, 0.717) is 0 Å². The molecule has 2 aromatic rings. The van der Waals surface area contributed by atoms with Gasteiger partial charge in [-0.15, -0.1) is 0 Å². The minimum Gasteiger partial charge on any atom is -0.366 e. The molecule has 0 saturated heterocycles. The molecule has 0 bridgehead atoms. The minimum atomic E-state index is -4.50. The van der Waals surface area contributed by atoms with Gasteiger partial charge in [-0.25, -0.2) is 9.78 Å². The number of alkyl halides is 3. The number of carbonyl (C=O) groups excluding carboxylic acids is 2. The van der Waals surface area contributed by atoms with Crippen LogP contribution in [0.4, 0.5) is 29.5 Å². The van der Waals surface area contributed by atoms with Gasteiger partial charge in [0.1, 0.15) is 5.82 Å². The van der Waals surface area contributed by atoms with E-state index in [1.807, 2.05) is 0 Å². The lowest BCUT2D eigenvalue weighted by Crippen LogP contribution is -2.20. The molecule has 23 heavy (non-hydrogen) atoms. The molecule has 1 aromatic heterocycles. The Morgan fingerprint density at radius 3 is 2.39 bits per heavy atom. The highest BCUT2D eigenvalue weighted by atomic mass is 19.4. The summed E-state index contributed by atoms with van der Waals surface area (Å²) in [6, 6.07) is 6.12. The highest BCUT2D eigenvalue weighted by Crippen LogP contribution is 2.30. The smallest absolute Gasteiger partial charge is 0.366 e. The van der Waals surface area contributed by atoms with Crippen LogP contribution in [0.15, 0.2) is 42.6 Å². The lowest BCUT2D eigenvalue weighted by Gasteiger charge is -2.10. The number of primary amides is 1. The number of nitrogens with one attached hydrogen (secondary N) is 2. The quantitative estimate of drug-likeness (QED) is 0.810. The van der Waals surface area contributed by atoms with Crippen LogP contribution in [0.2, 0.25) is 0 Å². The lowest BCUT2D eigenvalue weighted by molar-refractivity contribution is -0.137. The van der Waals surface area contributed by atoms with Crippen molar-refractivity contribution in [2.24, 2.45) is 5.73 Å². The monoisotopic (exact) mass is 324 g/mol. The fourth-order valence-electron chi connectivity index (χ4n) is 1.67. The first-order valence-corrected chi connectivity index (χ1v) is 6.27. The number of amides is 3. The van der Waals surface area contributed by atoms with E-state index in [9.17, 15) is 22.8 Å². The Labute approximate surface area is 128 Å². The molecule has 6 nitrogen and oxygen atoms in total. The molecule has 1 aromatic carbocycles. The minimum absolute atomic E-state index is 0.0221. The molecule has 2 rings (SSSR count). The van der Waals surface area contributed by atoms with E-state index in [2.05, 4.69) is 15.6 Å². The number of anilines is 2. The van der Waals surface area contributed by atoms with Crippen LogP contribution in [0.25, 0.3) is 0 Å². The first-order valence-electron chi connectivity index (χ1n) is 6.27. The number of benzene rings is 1. The molecule has 0 radical (unpaired) electrons. The molecule has 120 valence electrons. The first kappa shape index (κ1) is 16.3. The number of nitrogens with zero attached hydrogens (tertiary/aromatic N) is 1. The number of urea groups is 1. The maximum Gasteiger partial charge on any atom is 0.416 e. The molecule has 9 heteroatoms. The van der Waals surface area contributed by atoms with Gasteiger partial charge in [0.05, 0.1) is 11.1 Å². The largest absolute Gasteiger partial charge is 0.416 e. The molecule has 0 aliphatic carbocycles. The van der Waals surface area contributed by atoms with Crippen molar-refractivity contribution in [2.75, 3.05) is 10.6 Å². The van der Waals surface area contributed by atoms with E-state index in [4.69, 9.17) is 5.73 Å². The van der Waals surface area contributed by atoms with E-state index in [1.165, 1.54) is 30.5 Å². The van der Waals surface area contributed by atoms with E-state index in [0.717, 1.165) is 12.1 Å². The summed E-state index contributed by atoms with van der Waals surface area (Å²) in [6.07, 6.45) is -3.33. The first-order chi connectivity index (χ1) is 10.8. The normalized spacial score (nSPS) is 10.9. The van der Waals surface area contributed by atoms with E-state index in [1.54, 1.807) is 0 Å². The van der Waals surface area contributed by atoms with Gasteiger partial charge in [0.15, 0.2) is 0 Å². The second-order valence-corrected chi connectivity index (χ2v) is 4.45. The standard InChI is InChI=1S/C14H11F3N4O2/c15-14(16,17)9-2-1-3-10(6-9)20-13(23)21-11-5-4-8(7-19-11)12(18)22/h1-7H,(H2,18,22)(H2,19,20,21,23). The average Bonchev–Trinajstić information content (AvgIpc) is 2.47. The Morgan fingerprint density at radius 1 is 1.09 bits per heavy atom. The third-order valence-corrected chi connectivity index (χ3v) is 2.74. The Morgan fingerprint density at radius 2 is 1.83 bits per heavy atom. The Bertz CT molecular complexity index is 730. The number of carbonyl (C=O) groups is 2. The number of rotatable bonds is 3. The lowest BCUT2D eigenvalue weighted by atomic mass is 10.2. The van der Waals surface area contributed by atoms with Gasteiger partial charge in [-0.1, -0.05) is 6.07 Å². The SMILES string of the molecule is NC(=O)c1ccc(NC(=O)Nc2cccc(C(F)(F)F)c2)nc1. The van der Waals surface area contributed by atoms with Crippen molar-refractivity contribution in [3.8, 4) is 0 Å². The Balaban J connectivity index is 2.03. The molecule has 0 unspecified atom stereocenters. The van der Waals surface area contributed by atoms with Gasteiger partial charge in [0.2, 0.25) is 5.91 Å². The van der Waals surface area contributed by atoms with Crippen LogP contribution in [0.1, 0.15) is 15.9 Å². The fraction of sp³-hybridized carbons (Fsp3) is 0.0714. The van der Waals surface area contributed by atoms with Gasteiger partial charge in [0, 0.05) is 11.9 Å². The molecule has 3 amide bonds. The van der Waals surface area contributed by atoms with Crippen LogP contribution in [0.5, 0.6) is 0 Å². The summed E-state index contributed by atoms with van der Waals surface area (Å²) in [6.45, 7) is 0. The van der Waals surface area contributed by atoms with Crippen molar-refractivity contribution in [1.29, 1.82) is 0 Å². The van der Waals surface area contributed by atoms with Crippen LogP contribution in [-0.4, -0.2) is 16.9 Å². The molecule has 4 N–H and O–H groups in total. The molecule has 0 aliphatic heterocycles. The summed E-state index contributed by atoms with van der Waals surface area (Å²) >= 11 is 0. The van der Waals surface area contributed by atoms with Crippen LogP contribution < -0.4 is 16.4 Å². The summed E-state index contributed by atoms with van der Waals surface area (Å²) in [5.41, 5.74) is 4.31. The van der Waals surface area contributed by atoms with Crippen molar-refractivity contribution in [3.05, 3.63) is 53.7 Å². The van der Waals surface area contributed by atoms with Gasteiger partial charge in [-0.05, 0) is 30.3 Å². The zero-order valence-electron chi connectivity index (χ0n) is 11.5. The van der Waals surface area contributed by atoms with E-state index < -0.39 is 23.7 Å². The summed E-state index contributed by atoms with van der Waals surface area (Å²) in [4.78, 5) is 26.4. The number of hydrogen-bond acceptors (Lipinski definition) is 3. The fourth-order valence-corrected chi connectivity index (χ4v) is 1.67. The molecule has 1 heterocycles. The van der Waals surface area contributed by atoms with Crippen molar-refractivity contribution >= 4 is 23.4 Å².